The average Bonchev–Trinajstić information content (AvgIpc) is 1.68. The fourth-order valence-corrected chi connectivity index (χ4v) is 0.422. The van der Waals surface area contributed by atoms with Gasteiger partial charge in [-0.15, -0.1) is 12.3 Å². The number of hydrogen-bond donors (Lipinski definition) is 0. The average molecular weight is 95.2 g/mol. The van der Waals surface area contributed by atoms with E-state index in [1.165, 1.54) is 0 Å². The van der Waals surface area contributed by atoms with E-state index in [0.717, 1.165) is 6.42 Å². The number of terminal acetylenes is 1. The Morgan fingerprint density at radius 3 is 2.57 bits per heavy atom. The van der Waals surface area contributed by atoms with Crippen LogP contribution >= 0.6 is 0 Å². The summed E-state index contributed by atoms with van der Waals surface area (Å²) in [5.74, 6) is 2.96. The standard InChI is InChI=1S/C7H11/c1-4-6-7(3)5-2/h2,6-7H,4H2,1,3H3. The minimum atomic E-state index is 0.352. The fourth-order valence-electron chi connectivity index (χ4n) is 0.422. The molecule has 0 nitrogen and oxygen atoms in total. The summed E-state index contributed by atoms with van der Waals surface area (Å²) in [5.41, 5.74) is 0. The Morgan fingerprint density at radius 1 is 1.86 bits per heavy atom. The predicted molar refractivity (Wildman–Crippen MR) is 32.6 cm³/mol. The Labute approximate surface area is 45.9 Å². The molecule has 0 aliphatic rings. The quantitative estimate of drug-likeness (QED) is 0.459. The lowest BCUT2D eigenvalue weighted by Gasteiger charge is -1.95. The second kappa shape index (κ2) is 3.74. The van der Waals surface area contributed by atoms with Crippen LogP contribution in [0.3, 0.4) is 0 Å². The first kappa shape index (κ1) is 6.56. The molecule has 0 aliphatic heterocycles. The highest BCUT2D eigenvalue weighted by Crippen LogP contribution is 1.99. The molecule has 0 rings (SSSR count). The van der Waals surface area contributed by atoms with E-state index >= 15 is 0 Å². The summed E-state index contributed by atoms with van der Waals surface area (Å²) >= 11 is 0. The minimum absolute atomic E-state index is 0.352. The summed E-state index contributed by atoms with van der Waals surface area (Å²) in [6.07, 6.45) is 8.26. The van der Waals surface area contributed by atoms with Crippen LogP contribution in [0, 0.1) is 24.7 Å². The van der Waals surface area contributed by atoms with Gasteiger partial charge in [-0.05, 0) is 6.42 Å². The zero-order chi connectivity index (χ0) is 5.70. The SMILES string of the molecule is C#CC(C)[CH]CC. The molecule has 0 saturated heterocycles. The minimum Gasteiger partial charge on any atom is -0.120 e. The van der Waals surface area contributed by atoms with Crippen molar-refractivity contribution >= 4 is 0 Å². The molecule has 0 heteroatoms. The molecule has 0 spiro atoms. The van der Waals surface area contributed by atoms with Crippen LogP contribution in [0.15, 0.2) is 0 Å². The topological polar surface area (TPSA) is 0 Å². The lowest BCUT2D eigenvalue weighted by atomic mass is 10.1. The van der Waals surface area contributed by atoms with E-state index in [1.807, 2.05) is 6.92 Å². The maximum atomic E-state index is 5.08. The number of hydrogen-bond acceptors (Lipinski definition) is 0. The molecule has 0 aromatic rings. The fraction of sp³-hybridized carbons (Fsp3) is 0.571. The molecule has 1 unspecified atom stereocenters. The second-order valence-corrected chi connectivity index (χ2v) is 1.60. The van der Waals surface area contributed by atoms with Crippen LogP contribution in [-0.2, 0) is 0 Å². The van der Waals surface area contributed by atoms with Crippen LogP contribution in [0.2, 0.25) is 0 Å². The van der Waals surface area contributed by atoms with E-state index in [-0.39, 0.29) is 0 Å². The lowest BCUT2D eigenvalue weighted by molar-refractivity contribution is 0.828. The van der Waals surface area contributed by atoms with Crippen molar-refractivity contribution < 1.29 is 0 Å². The van der Waals surface area contributed by atoms with Crippen LogP contribution < -0.4 is 0 Å². The van der Waals surface area contributed by atoms with Crippen molar-refractivity contribution in [3.05, 3.63) is 6.42 Å². The monoisotopic (exact) mass is 95.1 g/mol. The van der Waals surface area contributed by atoms with E-state index in [0.29, 0.717) is 5.92 Å². The predicted octanol–water partition coefficient (Wildman–Crippen LogP) is 1.87. The Morgan fingerprint density at radius 2 is 2.43 bits per heavy atom. The van der Waals surface area contributed by atoms with Gasteiger partial charge in [-0.25, -0.2) is 0 Å². The van der Waals surface area contributed by atoms with Crippen LogP contribution in [0.4, 0.5) is 0 Å². The molecule has 0 bridgehead atoms. The van der Waals surface area contributed by atoms with Gasteiger partial charge in [0.1, 0.15) is 0 Å². The van der Waals surface area contributed by atoms with Crippen molar-refractivity contribution in [1.82, 2.24) is 0 Å². The van der Waals surface area contributed by atoms with Gasteiger partial charge in [0.2, 0.25) is 0 Å². The largest absolute Gasteiger partial charge is 0.120 e. The highest BCUT2D eigenvalue weighted by Gasteiger charge is 1.90. The van der Waals surface area contributed by atoms with Gasteiger partial charge in [0, 0.05) is 5.92 Å². The van der Waals surface area contributed by atoms with E-state index in [9.17, 15) is 0 Å². The maximum Gasteiger partial charge on any atom is 0.0203 e. The van der Waals surface area contributed by atoms with Crippen LogP contribution in [0.25, 0.3) is 0 Å². The zero-order valence-electron chi connectivity index (χ0n) is 4.94. The van der Waals surface area contributed by atoms with Gasteiger partial charge in [0.05, 0.1) is 0 Å². The summed E-state index contributed by atoms with van der Waals surface area (Å²) in [6, 6.07) is 0. The van der Waals surface area contributed by atoms with Crippen LogP contribution in [0.5, 0.6) is 0 Å². The van der Waals surface area contributed by atoms with Gasteiger partial charge in [-0.2, -0.15) is 0 Å². The summed E-state index contributed by atoms with van der Waals surface area (Å²) < 4.78 is 0. The third kappa shape index (κ3) is 3.39. The van der Waals surface area contributed by atoms with Gasteiger partial charge in [0.25, 0.3) is 0 Å². The summed E-state index contributed by atoms with van der Waals surface area (Å²) in [7, 11) is 0. The van der Waals surface area contributed by atoms with E-state index in [1.54, 1.807) is 0 Å². The van der Waals surface area contributed by atoms with Crippen molar-refractivity contribution in [3.63, 3.8) is 0 Å². The molecular formula is C7H11. The van der Waals surface area contributed by atoms with Crippen molar-refractivity contribution in [2.24, 2.45) is 5.92 Å². The molecule has 0 N–H and O–H groups in total. The normalized spacial score (nSPS) is 12.7. The third-order valence-corrected chi connectivity index (χ3v) is 0.852. The van der Waals surface area contributed by atoms with Gasteiger partial charge in [0.15, 0.2) is 0 Å². The summed E-state index contributed by atoms with van der Waals surface area (Å²) in [5, 5.41) is 0. The highest BCUT2D eigenvalue weighted by atomic mass is 13.9. The van der Waals surface area contributed by atoms with Crippen molar-refractivity contribution in [2.45, 2.75) is 20.3 Å². The molecule has 0 heterocycles. The first-order chi connectivity index (χ1) is 3.31. The Bertz CT molecular complexity index is 66.6. The second-order valence-electron chi connectivity index (χ2n) is 1.60. The molecule has 0 amide bonds. The number of rotatable bonds is 2. The van der Waals surface area contributed by atoms with Crippen LogP contribution in [0.1, 0.15) is 20.3 Å². The molecule has 0 fully saturated rings. The Kier molecular flexibility index (Phi) is 3.50. The smallest absolute Gasteiger partial charge is 0.0203 e. The molecule has 39 valence electrons. The summed E-state index contributed by atoms with van der Waals surface area (Å²) in [4.78, 5) is 0. The molecule has 1 radical (unpaired) electrons. The van der Waals surface area contributed by atoms with Crippen molar-refractivity contribution in [1.29, 1.82) is 0 Å². The first-order valence-corrected chi connectivity index (χ1v) is 2.60. The molecule has 0 aromatic carbocycles. The molecule has 7 heavy (non-hydrogen) atoms. The first-order valence-electron chi connectivity index (χ1n) is 2.60. The third-order valence-electron chi connectivity index (χ3n) is 0.852. The van der Waals surface area contributed by atoms with E-state index in [2.05, 4.69) is 19.3 Å². The molecule has 0 saturated carbocycles. The van der Waals surface area contributed by atoms with Crippen molar-refractivity contribution in [3.8, 4) is 12.3 Å². The van der Waals surface area contributed by atoms with E-state index in [4.69, 9.17) is 6.42 Å². The lowest BCUT2D eigenvalue weighted by Crippen LogP contribution is -1.87. The molecular weight excluding hydrogens is 84.1 g/mol. The summed E-state index contributed by atoms with van der Waals surface area (Å²) in [6.45, 7) is 4.11. The molecule has 0 aliphatic carbocycles. The van der Waals surface area contributed by atoms with Gasteiger partial charge in [-0.3, -0.25) is 0 Å². The molecule has 1 atom stereocenters. The Hall–Kier alpha value is -0.440. The van der Waals surface area contributed by atoms with Gasteiger partial charge in [-0.1, -0.05) is 20.3 Å². The van der Waals surface area contributed by atoms with E-state index < -0.39 is 0 Å². The molecule has 0 aromatic heterocycles. The zero-order valence-corrected chi connectivity index (χ0v) is 4.94. The Balaban J connectivity index is 3.04. The maximum absolute atomic E-state index is 5.08. The van der Waals surface area contributed by atoms with Crippen molar-refractivity contribution in [2.75, 3.05) is 0 Å². The van der Waals surface area contributed by atoms with Crippen LogP contribution in [-0.4, -0.2) is 0 Å². The van der Waals surface area contributed by atoms with Gasteiger partial charge >= 0.3 is 0 Å². The van der Waals surface area contributed by atoms with Gasteiger partial charge < -0.3 is 0 Å². The highest BCUT2D eigenvalue weighted by molar-refractivity contribution is 4.96.